The molecule has 2 amide bonds. The maximum Gasteiger partial charge on any atom is 0.336 e. The van der Waals surface area contributed by atoms with Gasteiger partial charge in [-0.1, -0.05) is 69.7 Å². The number of carboxylic acids is 1. The van der Waals surface area contributed by atoms with Gasteiger partial charge in [0.1, 0.15) is 11.9 Å². The molecule has 0 aliphatic carbocycles. The molecular weight excluding hydrogens is 512 g/mol. The molecule has 0 aliphatic heterocycles. The lowest BCUT2D eigenvalue weighted by molar-refractivity contribution is -0.128. The Kier molecular flexibility index (Phi) is 11.2. The van der Waals surface area contributed by atoms with E-state index in [4.69, 9.17) is 0 Å². The fourth-order valence-electron chi connectivity index (χ4n) is 4.46. The number of unbranched alkanes of at least 4 members (excludes halogenated alkanes) is 1. The highest BCUT2D eigenvalue weighted by Gasteiger charge is 2.22. The molecule has 1 heterocycles. The largest absolute Gasteiger partial charge is 0.478 e. The van der Waals surface area contributed by atoms with Gasteiger partial charge in [-0.15, -0.1) is 0 Å². The van der Waals surface area contributed by atoms with Crippen molar-refractivity contribution in [2.24, 2.45) is 5.92 Å². The Morgan fingerprint density at radius 1 is 1.08 bits per heavy atom. The van der Waals surface area contributed by atoms with Gasteiger partial charge in [-0.3, -0.25) is 9.59 Å². The number of benzene rings is 2. The lowest BCUT2D eigenvalue weighted by Crippen LogP contribution is -2.47. The molecule has 0 bridgehead atoms. The first-order chi connectivity index (χ1) is 18.7. The molecule has 1 atom stereocenters. The fourth-order valence-corrected chi connectivity index (χ4v) is 4.55. The van der Waals surface area contributed by atoms with Crippen LogP contribution in [0.15, 0.2) is 54.7 Å². The molecule has 0 aliphatic rings. The van der Waals surface area contributed by atoms with E-state index >= 15 is 0 Å². The Bertz CT molecular complexity index is 1270. The number of carbonyl (C=O) groups excluding carboxylic acids is 2. The first-order valence-corrected chi connectivity index (χ1v) is 14.0. The van der Waals surface area contributed by atoms with Gasteiger partial charge >= 0.3 is 5.97 Å². The summed E-state index contributed by atoms with van der Waals surface area (Å²) in [6, 6.07) is 14.2. The normalized spacial score (nSPS) is 11.8. The second-order valence-electron chi connectivity index (χ2n) is 10.0. The van der Waals surface area contributed by atoms with Crippen molar-refractivity contribution in [3.8, 4) is 11.1 Å². The minimum absolute atomic E-state index is 0.0239. The first kappa shape index (κ1) is 30.0. The van der Waals surface area contributed by atoms with Crippen molar-refractivity contribution in [3.05, 3.63) is 77.4 Å². The highest BCUT2D eigenvalue weighted by Crippen LogP contribution is 2.25. The minimum Gasteiger partial charge on any atom is -0.478 e. The highest BCUT2D eigenvalue weighted by atomic mass is 32.1. The summed E-state index contributed by atoms with van der Waals surface area (Å²) in [5.74, 6) is -0.262. The number of hydrogen-bond donors (Lipinski definition) is 4. The van der Waals surface area contributed by atoms with E-state index in [1.807, 2.05) is 50.2 Å². The van der Waals surface area contributed by atoms with Gasteiger partial charge in [0, 0.05) is 13.0 Å². The van der Waals surface area contributed by atoms with Gasteiger partial charge < -0.3 is 20.3 Å². The van der Waals surface area contributed by atoms with Crippen molar-refractivity contribution >= 4 is 30.4 Å². The SMILES string of the molecule is CCCCc1ncc(CNC(=O)C(CC(C)C)NC(=O)CS)n1Cc1ccc(-c2ccccc2C(=O)O)cc1. The Morgan fingerprint density at radius 3 is 2.44 bits per heavy atom. The number of imidazole rings is 1. The van der Waals surface area contributed by atoms with Crippen LogP contribution in [0.1, 0.15) is 67.5 Å². The molecule has 0 saturated carbocycles. The number of aromatic nitrogens is 2. The maximum atomic E-state index is 13.0. The lowest BCUT2D eigenvalue weighted by atomic mass is 9.99. The van der Waals surface area contributed by atoms with Crippen molar-refractivity contribution in [1.82, 2.24) is 20.2 Å². The fraction of sp³-hybridized carbons (Fsp3) is 0.400. The van der Waals surface area contributed by atoms with Crippen molar-refractivity contribution in [2.75, 3.05) is 5.75 Å². The molecule has 3 rings (SSSR count). The zero-order valence-electron chi connectivity index (χ0n) is 22.8. The average Bonchev–Trinajstić information content (AvgIpc) is 3.31. The summed E-state index contributed by atoms with van der Waals surface area (Å²) < 4.78 is 2.12. The quantitative estimate of drug-likeness (QED) is 0.217. The number of rotatable bonds is 14. The van der Waals surface area contributed by atoms with Crippen molar-refractivity contribution < 1.29 is 19.5 Å². The molecule has 0 saturated heterocycles. The maximum absolute atomic E-state index is 13.0. The topological polar surface area (TPSA) is 113 Å². The van der Waals surface area contributed by atoms with Gasteiger partial charge in [0.05, 0.1) is 29.8 Å². The Morgan fingerprint density at radius 2 is 1.79 bits per heavy atom. The van der Waals surface area contributed by atoms with E-state index in [0.29, 0.717) is 18.5 Å². The molecular formula is C30H38N4O4S. The standard InChI is InChI=1S/C30H38N4O4S/c1-4-5-10-27-31-16-23(17-32-29(36)26(15-20(2)3)33-28(35)19-39)34(27)18-21-11-13-22(14-12-21)24-8-6-7-9-25(24)30(37)38/h6-9,11-14,16,20,26,39H,4-5,10,15,17-19H2,1-3H3,(H,32,36)(H,33,35)(H,37,38). The monoisotopic (exact) mass is 550 g/mol. The first-order valence-electron chi connectivity index (χ1n) is 13.4. The smallest absolute Gasteiger partial charge is 0.336 e. The lowest BCUT2D eigenvalue weighted by Gasteiger charge is -2.20. The molecule has 0 fully saturated rings. The third-order valence-corrected chi connectivity index (χ3v) is 6.77. The van der Waals surface area contributed by atoms with Crippen LogP contribution in [0.2, 0.25) is 0 Å². The number of carboxylic acid groups (broad SMARTS) is 1. The molecule has 8 nitrogen and oxygen atoms in total. The Balaban J connectivity index is 1.79. The molecule has 208 valence electrons. The second-order valence-corrected chi connectivity index (χ2v) is 10.3. The van der Waals surface area contributed by atoms with Crippen LogP contribution in [0.5, 0.6) is 0 Å². The van der Waals surface area contributed by atoms with Gasteiger partial charge in [0.25, 0.3) is 0 Å². The zero-order valence-corrected chi connectivity index (χ0v) is 23.7. The van der Waals surface area contributed by atoms with E-state index in [1.165, 1.54) is 0 Å². The molecule has 3 aromatic rings. The van der Waals surface area contributed by atoms with Crippen molar-refractivity contribution in [2.45, 2.75) is 65.6 Å². The minimum atomic E-state index is -0.957. The summed E-state index contributed by atoms with van der Waals surface area (Å²) in [6.07, 6.45) is 5.19. The van der Waals surface area contributed by atoms with Crippen LogP contribution in [0.25, 0.3) is 11.1 Å². The molecule has 3 N–H and O–H groups in total. The molecule has 1 aromatic heterocycles. The Hall–Kier alpha value is -3.59. The Labute approximate surface area is 235 Å². The second kappa shape index (κ2) is 14.5. The van der Waals surface area contributed by atoms with E-state index in [-0.39, 0.29) is 35.6 Å². The van der Waals surface area contributed by atoms with Gasteiger partial charge in [0.15, 0.2) is 0 Å². The number of amides is 2. The summed E-state index contributed by atoms with van der Waals surface area (Å²) >= 11 is 4.01. The summed E-state index contributed by atoms with van der Waals surface area (Å²) in [6.45, 7) is 7.00. The average molecular weight is 551 g/mol. The van der Waals surface area contributed by atoms with Crippen LogP contribution in [0, 0.1) is 5.92 Å². The number of thiol groups is 1. The number of nitrogens with zero attached hydrogens (tertiary/aromatic N) is 2. The number of aryl methyl sites for hydroxylation is 1. The number of aromatic carboxylic acids is 1. The van der Waals surface area contributed by atoms with Gasteiger partial charge in [0.2, 0.25) is 11.8 Å². The van der Waals surface area contributed by atoms with E-state index in [0.717, 1.165) is 41.9 Å². The van der Waals surface area contributed by atoms with E-state index in [1.54, 1.807) is 18.3 Å². The molecule has 0 spiro atoms. The predicted molar refractivity (Wildman–Crippen MR) is 156 cm³/mol. The van der Waals surface area contributed by atoms with Crippen molar-refractivity contribution in [1.29, 1.82) is 0 Å². The summed E-state index contributed by atoms with van der Waals surface area (Å²) in [5, 5.41) is 15.3. The summed E-state index contributed by atoms with van der Waals surface area (Å²) in [5.41, 5.74) is 3.68. The van der Waals surface area contributed by atoms with Gasteiger partial charge in [-0.2, -0.15) is 12.6 Å². The summed E-state index contributed by atoms with van der Waals surface area (Å²) in [7, 11) is 0. The third kappa shape index (κ3) is 8.45. The third-order valence-electron chi connectivity index (χ3n) is 6.48. The molecule has 39 heavy (non-hydrogen) atoms. The van der Waals surface area contributed by atoms with E-state index < -0.39 is 12.0 Å². The zero-order chi connectivity index (χ0) is 28.4. The van der Waals surface area contributed by atoms with Gasteiger partial charge in [-0.05, 0) is 41.5 Å². The van der Waals surface area contributed by atoms with Crippen LogP contribution in [0.4, 0.5) is 0 Å². The molecule has 0 radical (unpaired) electrons. The van der Waals surface area contributed by atoms with E-state index in [2.05, 4.69) is 39.7 Å². The van der Waals surface area contributed by atoms with Crippen LogP contribution in [0.3, 0.4) is 0 Å². The van der Waals surface area contributed by atoms with Crippen LogP contribution >= 0.6 is 12.6 Å². The van der Waals surface area contributed by atoms with E-state index in [9.17, 15) is 19.5 Å². The van der Waals surface area contributed by atoms with Crippen LogP contribution < -0.4 is 10.6 Å². The van der Waals surface area contributed by atoms with Crippen molar-refractivity contribution in [3.63, 3.8) is 0 Å². The predicted octanol–water partition coefficient (Wildman–Crippen LogP) is 4.72. The molecule has 2 aromatic carbocycles. The number of nitrogens with one attached hydrogen (secondary N) is 2. The molecule has 9 heteroatoms. The number of carbonyl (C=O) groups is 3. The number of hydrogen-bond acceptors (Lipinski definition) is 5. The van der Waals surface area contributed by atoms with Gasteiger partial charge in [-0.25, -0.2) is 9.78 Å². The highest BCUT2D eigenvalue weighted by molar-refractivity contribution is 7.81. The summed E-state index contributed by atoms with van der Waals surface area (Å²) in [4.78, 5) is 41.2. The van der Waals surface area contributed by atoms with Crippen LogP contribution in [-0.2, 0) is 29.1 Å². The molecule has 1 unspecified atom stereocenters. The van der Waals surface area contributed by atoms with Crippen LogP contribution in [-0.4, -0.2) is 44.2 Å².